The first-order chi connectivity index (χ1) is 9.68. The zero-order valence-corrected chi connectivity index (χ0v) is 14.2. The van der Waals surface area contributed by atoms with Gasteiger partial charge in [0.1, 0.15) is 0 Å². The van der Waals surface area contributed by atoms with Crippen LogP contribution in [0.1, 0.15) is 52.0 Å². The van der Waals surface area contributed by atoms with Gasteiger partial charge in [-0.25, -0.2) is 0 Å². The summed E-state index contributed by atoms with van der Waals surface area (Å²) in [7, 11) is -3.63. The second-order valence-electron chi connectivity index (χ2n) is 7.20. The minimum atomic E-state index is -3.63. The lowest BCUT2D eigenvalue weighted by Gasteiger charge is -2.36. The molecule has 1 aromatic rings. The molecule has 0 unspecified atom stereocenters. The molecule has 1 fully saturated rings. The molecule has 0 aliphatic heterocycles. The molecule has 0 saturated heterocycles. The van der Waals surface area contributed by atoms with Crippen LogP contribution in [0.25, 0.3) is 0 Å². The molecule has 0 bridgehead atoms. The number of rotatable bonds is 3. The Morgan fingerprint density at radius 3 is 2.00 bits per heavy atom. The fourth-order valence-corrected chi connectivity index (χ4v) is 4.10. The van der Waals surface area contributed by atoms with Gasteiger partial charge in [-0.3, -0.25) is 4.18 Å². The van der Waals surface area contributed by atoms with Crippen molar-refractivity contribution >= 4 is 10.1 Å². The van der Waals surface area contributed by atoms with Crippen molar-refractivity contribution in [2.24, 2.45) is 11.3 Å². The van der Waals surface area contributed by atoms with Gasteiger partial charge in [0, 0.05) is 0 Å². The summed E-state index contributed by atoms with van der Waals surface area (Å²) in [5.74, 6) is 0.652. The highest BCUT2D eigenvalue weighted by Gasteiger charge is 2.32. The fraction of sp³-hybridized carbons (Fsp3) is 0.647. The molecule has 0 amide bonds. The first-order valence-corrected chi connectivity index (χ1v) is 9.09. The molecule has 1 aliphatic carbocycles. The normalized spacial score (nSPS) is 24.0. The minimum Gasteiger partial charge on any atom is -0.263 e. The van der Waals surface area contributed by atoms with E-state index in [9.17, 15) is 8.42 Å². The van der Waals surface area contributed by atoms with Crippen LogP contribution >= 0.6 is 0 Å². The summed E-state index contributed by atoms with van der Waals surface area (Å²) in [4.78, 5) is 0.256. The Kier molecular flexibility index (Phi) is 4.79. The molecular formula is C17H26O3S. The summed E-state index contributed by atoms with van der Waals surface area (Å²) in [6.45, 7) is 8.69. The van der Waals surface area contributed by atoms with Gasteiger partial charge in [-0.1, -0.05) is 38.5 Å². The molecule has 21 heavy (non-hydrogen) atoms. The van der Waals surface area contributed by atoms with E-state index in [0.717, 1.165) is 31.2 Å². The molecule has 4 heteroatoms. The van der Waals surface area contributed by atoms with Crippen molar-refractivity contribution in [3.05, 3.63) is 29.8 Å². The zero-order valence-electron chi connectivity index (χ0n) is 13.4. The third-order valence-electron chi connectivity index (χ3n) is 4.47. The van der Waals surface area contributed by atoms with E-state index >= 15 is 0 Å². The predicted molar refractivity (Wildman–Crippen MR) is 84.7 cm³/mol. The highest BCUT2D eigenvalue weighted by molar-refractivity contribution is 7.86. The summed E-state index contributed by atoms with van der Waals surface area (Å²) >= 11 is 0. The number of aryl methyl sites for hydroxylation is 1. The van der Waals surface area contributed by atoms with Crippen molar-refractivity contribution in [3.8, 4) is 0 Å². The van der Waals surface area contributed by atoms with E-state index < -0.39 is 10.1 Å². The van der Waals surface area contributed by atoms with E-state index in [1.807, 2.05) is 6.92 Å². The number of hydrogen-bond acceptors (Lipinski definition) is 3. The Morgan fingerprint density at radius 1 is 1.00 bits per heavy atom. The van der Waals surface area contributed by atoms with Gasteiger partial charge in [0.05, 0.1) is 11.0 Å². The van der Waals surface area contributed by atoms with Gasteiger partial charge in [-0.05, 0) is 56.1 Å². The molecule has 0 N–H and O–H groups in total. The standard InChI is InChI=1S/C17H26O3S/c1-13-5-11-16(12-6-13)21(18,19)20-15-9-7-14(8-10-15)17(2,3)4/h5-6,11-12,14-15H,7-10H2,1-4H3/t14-,15+. The van der Waals surface area contributed by atoms with Crippen LogP contribution in [0.15, 0.2) is 29.2 Å². The van der Waals surface area contributed by atoms with Gasteiger partial charge in [0.25, 0.3) is 10.1 Å². The Labute approximate surface area is 128 Å². The van der Waals surface area contributed by atoms with Crippen molar-refractivity contribution in [1.82, 2.24) is 0 Å². The molecule has 0 heterocycles. The second kappa shape index (κ2) is 6.09. The van der Waals surface area contributed by atoms with E-state index in [1.54, 1.807) is 24.3 Å². The first-order valence-electron chi connectivity index (χ1n) is 7.68. The highest BCUT2D eigenvalue weighted by atomic mass is 32.2. The van der Waals surface area contributed by atoms with Crippen LogP contribution in [0, 0.1) is 18.3 Å². The van der Waals surface area contributed by atoms with E-state index in [2.05, 4.69) is 20.8 Å². The van der Waals surface area contributed by atoms with Gasteiger partial charge in [-0.2, -0.15) is 8.42 Å². The Hall–Kier alpha value is -0.870. The maximum Gasteiger partial charge on any atom is 0.297 e. The van der Waals surface area contributed by atoms with Crippen LogP contribution in [-0.2, 0) is 14.3 Å². The lowest BCUT2D eigenvalue weighted by atomic mass is 9.72. The molecule has 2 rings (SSSR count). The molecule has 3 nitrogen and oxygen atoms in total. The summed E-state index contributed by atoms with van der Waals surface area (Å²) in [6, 6.07) is 6.83. The van der Waals surface area contributed by atoms with Gasteiger partial charge in [-0.15, -0.1) is 0 Å². The van der Waals surface area contributed by atoms with Crippen molar-refractivity contribution in [2.75, 3.05) is 0 Å². The third-order valence-corrected chi connectivity index (χ3v) is 5.85. The Balaban J connectivity index is 1.98. The summed E-state index contributed by atoms with van der Waals surface area (Å²) < 4.78 is 30.0. The van der Waals surface area contributed by atoms with Crippen LogP contribution in [0.2, 0.25) is 0 Å². The highest BCUT2D eigenvalue weighted by Crippen LogP contribution is 2.39. The molecule has 1 saturated carbocycles. The van der Waals surface area contributed by atoms with E-state index in [0.29, 0.717) is 11.3 Å². The van der Waals surface area contributed by atoms with Crippen molar-refractivity contribution < 1.29 is 12.6 Å². The summed E-state index contributed by atoms with van der Waals surface area (Å²) in [6.07, 6.45) is 3.56. The van der Waals surface area contributed by atoms with Crippen LogP contribution in [0.5, 0.6) is 0 Å². The van der Waals surface area contributed by atoms with Gasteiger partial charge in [0.2, 0.25) is 0 Å². The topological polar surface area (TPSA) is 43.4 Å². The zero-order chi connectivity index (χ0) is 15.7. The maximum absolute atomic E-state index is 12.3. The Bertz CT molecular complexity index is 559. The predicted octanol–water partition coefficient (Wildman–Crippen LogP) is 4.31. The number of benzene rings is 1. The first kappa shape index (κ1) is 16.5. The Morgan fingerprint density at radius 2 is 1.52 bits per heavy atom. The fourth-order valence-electron chi connectivity index (χ4n) is 2.96. The average molecular weight is 310 g/mol. The van der Waals surface area contributed by atoms with Gasteiger partial charge >= 0.3 is 0 Å². The van der Waals surface area contributed by atoms with E-state index in [1.165, 1.54) is 0 Å². The molecule has 0 spiro atoms. The summed E-state index contributed by atoms with van der Waals surface area (Å²) in [5.41, 5.74) is 1.33. The SMILES string of the molecule is Cc1ccc(S(=O)(=O)O[C@H]2CC[C@@H](C(C)(C)C)CC2)cc1. The van der Waals surface area contributed by atoms with Crippen LogP contribution in [-0.4, -0.2) is 14.5 Å². The summed E-state index contributed by atoms with van der Waals surface area (Å²) in [5, 5.41) is 0. The van der Waals surface area contributed by atoms with Crippen LogP contribution in [0.3, 0.4) is 0 Å². The number of hydrogen-bond donors (Lipinski definition) is 0. The minimum absolute atomic E-state index is 0.171. The van der Waals surface area contributed by atoms with Crippen molar-refractivity contribution in [1.29, 1.82) is 0 Å². The maximum atomic E-state index is 12.3. The smallest absolute Gasteiger partial charge is 0.263 e. The molecular weight excluding hydrogens is 284 g/mol. The monoisotopic (exact) mass is 310 g/mol. The second-order valence-corrected chi connectivity index (χ2v) is 8.78. The molecule has 0 radical (unpaired) electrons. The molecule has 1 aliphatic rings. The van der Waals surface area contributed by atoms with Crippen LogP contribution < -0.4 is 0 Å². The average Bonchev–Trinajstić information content (AvgIpc) is 2.38. The molecule has 0 aromatic heterocycles. The third kappa shape index (κ3) is 4.30. The molecule has 118 valence electrons. The van der Waals surface area contributed by atoms with E-state index in [4.69, 9.17) is 4.18 Å². The van der Waals surface area contributed by atoms with E-state index in [-0.39, 0.29) is 11.0 Å². The quantitative estimate of drug-likeness (QED) is 0.782. The molecule has 1 aromatic carbocycles. The lowest BCUT2D eigenvalue weighted by Crippen LogP contribution is -2.30. The lowest BCUT2D eigenvalue weighted by molar-refractivity contribution is 0.0924. The molecule has 0 atom stereocenters. The van der Waals surface area contributed by atoms with Gasteiger partial charge < -0.3 is 0 Å². The van der Waals surface area contributed by atoms with Gasteiger partial charge in [0.15, 0.2) is 0 Å². The van der Waals surface area contributed by atoms with Crippen molar-refractivity contribution in [3.63, 3.8) is 0 Å². The van der Waals surface area contributed by atoms with Crippen molar-refractivity contribution in [2.45, 2.75) is 64.4 Å². The largest absolute Gasteiger partial charge is 0.297 e. The van der Waals surface area contributed by atoms with Crippen LogP contribution in [0.4, 0.5) is 0 Å².